The number of nitro benzene ring substituents is 1. The van der Waals surface area contributed by atoms with Crippen LogP contribution in [0.5, 0.6) is 0 Å². The number of rotatable bonds is 7. The molecule has 1 saturated carbocycles. The van der Waals surface area contributed by atoms with Gasteiger partial charge in [0.05, 0.1) is 4.92 Å². The van der Waals surface area contributed by atoms with Crippen molar-refractivity contribution in [2.45, 2.75) is 33.1 Å². The number of hydrogen-bond donors (Lipinski definition) is 0. The van der Waals surface area contributed by atoms with Crippen LogP contribution < -0.4 is 4.90 Å². The fourth-order valence-electron chi connectivity index (χ4n) is 2.39. The minimum atomic E-state index is -0.457. The molecule has 2 rings (SSSR count). The zero-order valence-electron chi connectivity index (χ0n) is 12.0. The van der Waals surface area contributed by atoms with Gasteiger partial charge in [-0.05, 0) is 38.2 Å². The standard InChI is InChI=1S/C15H20N2O3/c1-3-8-16(10-12-4-5-12)15-7-6-13(17(19)20)9-14(15)11(2)18/h6-7,9,12H,3-5,8,10H2,1-2H3. The van der Waals surface area contributed by atoms with Crippen molar-refractivity contribution >= 4 is 17.2 Å². The van der Waals surface area contributed by atoms with Crippen molar-refractivity contribution in [3.8, 4) is 0 Å². The minimum absolute atomic E-state index is 0.0261. The van der Waals surface area contributed by atoms with Gasteiger partial charge in [-0.3, -0.25) is 14.9 Å². The van der Waals surface area contributed by atoms with Crippen LogP contribution in [-0.2, 0) is 0 Å². The van der Waals surface area contributed by atoms with Crippen molar-refractivity contribution in [3.05, 3.63) is 33.9 Å². The van der Waals surface area contributed by atoms with Crippen LogP contribution in [-0.4, -0.2) is 23.8 Å². The van der Waals surface area contributed by atoms with Crippen molar-refractivity contribution in [2.75, 3.05) is 18.0 Å². The van der Waals surface area contributed by atoms with E-state index in [4.69, 9.17) is 0 Å². The van der Waals surface area contributed by atoms with Crippen LogP contribution in [0.15, 0.2) is 18.2 Å². The molecular weight excluding hydrogens is 256 g/mol. The Labute approximate surface area is 118 Å². The smallest absolute Gasteiger partial charge is 0.270 e. The zero-order valence-corrected chi connectivity index (χ0v) is 12.0. The van der Waals surface area contributed by atoms with Crippen LogP contribution >= 0.6 is 0 Å². The highest BCUT2D eigenvalue weighted by Crippen LogP contribution is 2.33. The van der Waals surface area contributed by atoms with Crippen LogP contribution in [0.4, 0.5) is 11.4 Å². The Morgan fingerprint density at radius 2 is 2.15 bits per heavy atom. The van der Waals surface area contributed by atoms with Crippen molar-refractivity contribution in [2.24, 2.45) is 5.92 Å². The third-order valence-corrected chi connectivity index (χ3v) is 3.58. The van der Waals surface area contributed by atoms with Gasteiger partial charge in [0.15, 0.2) is 5.78 Å². The molecule has 0 amide bonds. The van der Waals surface area contributed by atoms with Crippen LogP contribution in [0, 0.1) is 16.0 Å². The first-order chi connectivity index (χ1) is 9.52. The van der Waals surface area contributed by atoms with E-state index in [1.165, 1.54) is 31.9 Å². The Morgan fingerprint density at radius 3 is 2.65 bits per heavy atom. The summed E-state index contributed by atoms with van der Waals surface area (Å²) >= 11 is 0. The van der Waals surface area contributed by atoms with Crippen molar-refractivity contribution in [3.63, 3.8) is 0 Å². The number of anilines is 1. The first-order valence-electron chi connectivity index (χ1n) is 7.07. The molecule has 0 bridgehead atoms. The van der Waals surface area contributed by atoms with Crippen LogP contribution in [0.3, 0.4) is 0 Å². The normalized spacial score (nSPS) is 14.1. The van der Waals surface area contributed by atoms with Gasteiger partial charge in [-0.2, -0.15) is 0 Å². The maximum absolute atomic E-state index is 11.8. The van der Waals surface area contributed by atoms with Gasteiger partial charge in [0.1, 0.15) is 0 Å². The van der Waals surface area contributed by atoms with E-state index in [1.54, 1.807) is 6.07 Å². The number of hydrogen-bond acceptors (Lipinski definition) is 4. The van der Waals surface area contributed by atoms with Gasteiger partial charge in [-0.25, -0.2) is 0 Å². The molecule has 1 aromatic rings. The van der Waals surface area contributed by atoms with E-state index in [2.05, 4.69) is 11.8 Å². The van der Waals surface area contributed by atoms with E-state index in [0.29, 0.717) is 11.5 Å². The summed E-state index contributed by atoms with van der Waals surface area (Å²) in [5, 5.41) is 10.9. The zero-order chi connectivity index (χ0) is 14.7. The number of Topliss-reactive ketones (excluding diaryl/α,β-unsaturated/α-hetero) is 1. The molecule has 0 heterocycles. The van der Waals surface area contributed by atoms with E-state index in [-0.39, 0.29) is 11.5 Å². The molecule has 1 fully saturated rings. The van der Waals surface area contributed by atoms with Gasteiger partial charge in [-0.15, -0.1) is 0 Å². The summed E-state index contributed by atoms with van der Waals surface area (Å²) in [5.41, 5.74) is 1.26. The topological polar surface area (TPSA) is 63.4 Å². The third-order valence-electron chi connectivity index (χ3n) is 3.58. The van der Waals surface area contributed by atoms with Crippen LogP contribution in [0.1, 0.15) is 43.5 Å². The monoisotopic (exact) mass is 276 g/mol. The summed E-state index contributed by atoms with van der Waals surface area (Å²) in [6.07, 6.45) is 3.46. The number of ketones is 1. The first kappa shape index (κ1) is 14.5. The van der Waals surface area contributed by atoms with Gasteiger partial charge in [0.2, 0.25) is 0 Å². The maximum Gasteiger partial charge on any atom is 0.270 e. The molecule has 1 aromatic carbocycles. The molecule has 0 atom stereocenters. The Hall–Kier alpha value is -1.91. The Morgan fingerprint density at radius 1 is 1.45 bits per heavy atom. The second kappa shape index (κ2) is 6.03. The average Bonchev–Trinajstić information content (AvgIpc) is 3.21. The predicted octanol–water partition coefficient (Wildman–Crippen LogP) is 3.42. The molecule has 0 N–H and O–H groups in total. The highest BCUT2D eigenvalue weighted by atomic mass is 16.6. The van der Waals surface area contributed by atoms with E-state index in [9.17, 15) is 14.9 Å². The molecule has 0 spiro atoms. The maximum atomic E-state index is 11.8. The van der Waals surface area contributed by atoms with Crippen LogP contribution in [0.25, 0.3) is 0 Å². The second-order valence-corrected chi connectivity index (χ2v) is 5.40. The summed E-state index contributed by atoms with van der Waals surface area (Å²) in [7, 11) is 0. The molecule has 0 aliphatic heterocycles. The number of nitrogens with zero attached hydrogens (tertiary/aromatic N) is 2. The highest BCUT2D eigenvalue weighted by Gasteiger charge is 2.26. The van der Waals surface area contributed by atoms with Crippen molar-refractivity contribution in [1.82, 2.24) is 0 Å². The molecule has 0 radical (unpaired) electrons. The summed E-state index contributed by atoms with van der Waals surface area (Å²) in [6, 6.07) is 4.59. The molecule has 1 aliphatic rings. The Balaban J connectivity index is 2.35. The van der Waals surface area contributed by atoms with Crippen molar-refractivity contribution in [1.29, 1.82) is 0 Å². The molecule has 1 aliphatic carbocycles. The molecule has 5 nitrogen and oxygen atoms in total. The minimum Gasteiger partial charge on any atom is -0.371 e. The number of benzene rings is 1. The molecule has 0 saturated heterocycles. The lowest BCUT2D eigenvalue weighted by atomic mass is 10.1. The van der Waals surface area contributed by atoms with E-state index in [1.807, 2.05) is 0 Å². The lowest BCUT2D eigenvalue weighted by Crippen LogP contribution is -2.28. The fraction of sp³-hybridized carbons (Fsp3) is 0.533. The van der Waals surface area contributed by atoms with E-state index >= 15 is 0 Å². The molecule has 5 heteroatoms. The second-order valence-electron chi connectivity index (χ2n) is 5.40. The van der Waals surface area contributed by atoms with Gasteiger partial charge in [0.25, 0.3) is 5.69 Å². The van der Waals surface area contributed by atoms with Gasteiger partial charge in [-0.1, -0.05) is 6.92 Å². The summed E-state index contributed by atoms with van der Waals surface area (Å²) in [4.78, 5) is 24.4. The fourth-order valence-corrected chi connectivity index (χ4v) is 2.39. The summed E-state index contributed by atoms with van der Waals surface area (Å²) < 4.78 is 0. The quantitative estimate of drug-likeness (QED) is 0.435. The number of nitro groups is 1. The predicted molar refractivity (Wildman–Crippen MR) is 78.3 cm³/mol. The first-order valence-corrected chi connectivity index (χ1v) is 7.07. The number of non-ortho nitro benzene ring substituents is 1. The third kappa shape index (κ3) is 3.35. The molecule has 108 valence electrons. The summed E-state index contributed by atoms with van der Waals surface area (Å²) in [5.74, 6) is 0.581. The molecular formula is C15H20N2O3. The van der Waals surface area contributed by atoms with E-state index < -0.39 is 4.92 Å². The molecule has 0 aromatic heterocycles. The lowest BCUT2D eigenvalue weighted by Gasteiger charge is -2.26. The number of carbonyl (C=O) groups is 1. The Kier molecular flexibility index (Phi) is 4.37. The highest BCUT2D eigenvalue weighted by molar-refractivity contribution is 6.00. The lowest BCUT2D eigenvalue weighted by molar-refractivity contribution is -0.384. The van der Waals surface area contributed by atoms with Gasteiger partial charge >= 0.3 is 0 Å². The van der Waals surface area contributed by atoms with E-state index in [0.717, 1.165) is 25.2 Å². The average molecular weight is 276 g/mol. The van der Waals surface area contributed by atoms with Gasteiger partial charge < -0.3 is 4.90 Å². The molecule has 0 unspecified atom stereocenters. The Bertz CT molecular complexity index is 524. The number of carbonyl (C=O) groups excluding carboxylic acids is 1. The SMILES string of the molecule is CCCN(CC1CC1)c1ccc([N+](=O)[O-])cc1C(C)=O. The summed E-state index contributed by atoms with van der Waals surface area (Å²) in [6.45, 7) is 5.36. The molecule has 20 heavy (non-hydrogen) atoms. The van der Waals surface area contributed by atoms with Crippen molar-refractivity contribution < 1.29 is 9.72 Å². The van der Waals surface area contributed by atoms with Gasteiger partial charge in [0, 0.05) is 36.5 Å². The van der Waals surface area contributed by atoms with Crippen LogP contribution in [0.2, 0.25) is 0 Å². The largest absolute Gasteiger partial charge is 0.371 e.